The van der Waals surface area contributed by atoms with Gasteiger partial charge >= 0.3 is 0 Å². The van der Waals surface area contributed by atoms with Crippen LogP contribution in [0.3, 0.4) is 0 Å². The second kappa shape index (κ2) is 8.14. The molecule has 0 radical (unpaired) electrons. The summed E-state index contributed by atoms with van der Waals surface area (Å²) in [6.07, 6.45) is 5.50. The maximum absolute atomic E-state index is 13.1. The van der Waals surface area contributed by atoms with Crippen LogP contribution in [0.15, 0.2) is 23.1 Å². The molecule has 10 heteroatoms. The van der Waals surface area contributed by atoms with E-state index in [1.54, 1.807) is 0 Å². The molecular weight excluding hydrogens is 412 g/mol. The summed E-state index contributed by atoms with van der Waals surface area (Å²) in [7, 11) is -1.98. The number of sulfonamides is 1. The predicted octanol–water partition coefficient (Wildman–Crippen LogP) is 1.32. The van der Waals surface area contributed by atoms with Crippen LogP contribution in [0.1, 0.15) is 0 Å². The van der Waals surface area contributed by atoms with Crippen LogP contribution in [-0.2, 0) is 10.0 Å². The molecule has 0 aliphatic carbocycles. The second-order valence-electron chi connectivity index (χ2n) is 5.59. The van der Waals surface area contributed by atoms with E-state index >= 15 is 0 Å². The van der Waals surface area contributed by atoms with Gasteiger partial charge in [0.2, 0.25) is 10.0 Å². The van der Waals surface area contributed by atoms with Crippen LogP contribution < -0.4 is 4.90 Å². The van der Waals surface area contributed by atoms with Crippen molar-refractivity contribution < 1.29 is 13.3 Å². The van der Waals surface area contributed by atoms with Crippen LogP contribution in [0.2, 0.25) is 0 Å². The zero-order valence-electron chi connectivity index (χ0n) is 13.8. The number of likely N-dealkylation sites (N-methyl/N-ethyl adjacent to an activating group) is 1. The zero-order chi connectivity index (χ0) is 18.6. The average molecular weight is 431 g/mol. The third-order valence-electron chi connectivity index (χ3n) is 3.99. The molecule has 1 aromatic rings. The summed E-state index contributed by atoms with van der Waals surface area (Å²) in [5.74, 6) is 0. The summed E-state index contributed by atoms with van der Waals surface area (Å²) >= 11 is 3.27. The maximum Gasteiger partial charge on any atom is 0.270 e. The third-order valence-corrected chi connectivity index (χ3v) is 6.27. The average Bonchev–Trinajstić information content (AvgIpc) is 2.59. The van der Waals surface area contributed by atoms with Gasteiger partial charge in [0.15, 0.2) is 0 Å². The van der Waals surface area contributed by atoms with Gasteiger partial charge in [-0.25, -0.2) is 8.42 Å². The number of nitro groups is 1. The van der Waals surface area contributed by atoms with Gasteiger partial charge in [0.1, 0.15) is 4.90 Å². The van der Waals surface area contributed by atoms with E-state index in [0.29, 0.717) is 38.1 Å². The highest BCUT2D eigenvalue weighted by atomic mass is 79.9. The van der Waals surface area contributed by atoms with Gasteiger partial charge in [-0.15, -0.1) is 0 Å². The number of rotatable bonds is 6. The van der Waals surface area contributed by atoms with Crippen molar-refractivity contribution in [3.05, 3.63) is 28.3 Å². The van der Waals surface area contributed by atoms with Crippen molar-refractivity contribution in [2.75, 3.05) is 50.0 Å². The fourth-order valence-electron chi connectivity index (χ4n) is 2.55. The number of hydrogen-bond acceptors (Lipinski definition) is 6. The van der Waals surface area contributed by atoms with E-state index < -0.39 is 14.9 Å². The minimum atomic E-state index is -3.90. The molecule has 136 valence electrons. The molecule has 1 saturated heterocycles. The van der Waals surface area contributed by atoms with Crippen molar-refractivity contribution in [3.63, 3.8) is 0 Å². The molecule has 0 atom stereocenters. The summed E-state index contributed by atoms with van der Waals surface area (Å²) in [6, 6.07) is 6.17. The third kappa shape index (κ3) is 4.30. The van der Waals surface area contributed by atoms with Gasteiger partial charge < -0.3 is 4.90 Å². The van der Waals surface area contributed by atoms with Crippen LogP contribution in [0.5, 0.6) is 0 Å². The molecule has 2 rings (SSSR count). The molecule has 25 heavy (non-hydrogen) atoms. The van der Waals surface area contributed by atoms with E-state index in [1.165, 1.54) is 21.3 Å². The van der Waals surface area contributed by atoms with E-state index in [1.807, 2.05) is 11.9 Å². The first kappa shape index (κ1) is 19.7. The van der Waals surface area contributed by atoms with E-state index in [2.05, 4.69) is 22.0 Å². The summed E-state index contributed by atoms with van der Waals surface area (Å²) in [5, 5.41) is 11.6. The van der Waals surface area contributed by atoms with Crippen molar-refractivity contribution in [1.29, 1.82) is 0 Å². The number of non-ortho nitro benzene ring substituents is 1. The lowest BCUT2D eigenvalue weighted by Gasteiger charge is -2.32. The number of nitrogens with zero attached hydrogens (tertiary/aromatic N) is 4. The summed E-state index contributed by atoms with van der Waals surface area (Å²) in [5.41, 5.74) is -0.0151. The normalized spacial score (nSPS) is 16.4. The first-order valence-electron chi connectivity index (χ1n) is 7.58. The van der Waals surface area contributed by atoms with Gasteiger partial charge in [0, 0.05) is 56.2 Å². The number of halogens is 1. The largest absolute Gasteiger partial charge is 0.304 e. The van der Waals surface area contributed by atoms with Gasteiger partial charge in [-0.05, 0) is 13.1 Å². The van der Waals surface area contributed by atoms with E-state index in [0.717, 1.165) is 6.07 Å². The highest BCUT2D eigenvalue weighted by molar-refractivity contribution is 9.09. The number of alkyl halides is 1. The van der Waals surface area contributed by atoms with Crippen LogP contribution in [0.25, 0.3) is 0 Å². The Hall–Kier alpha value is -1.67. The van der Waals surface area contributed by atoms with Gasteiger partial charge in [0.25, 0.3) is 5.69 Å². The van der Waals surface area contributed by atoms with Crippen LogP contribution in [0, 0.1) is 22.6 Å². The minimum absolute atomic E-state index is 0.134. The Balaban J connectivity index is 2.54. The number of anilines is 1. The quantitative estimate of drug-likeness (QED) is 0.222. The molecule has 1 fully saturated rings. The Morgan fingerprint density at radius 2 is 2.00 bits per heavy atom. The molecule has 0 amide bonds. The highest BCUT2D eigenvalue weighted by Crippen LogP contribution is 2.32. The van der Waals surface area contributed by atoms with Crippen molar-refractivity contribution in [2.24, 2.45) is 0 Å². The van der Waals surface area contributed by atoms with E-state index in [-0.39, 0.29) is 16.3 Å². The Kier molecular flexibility index (Phi) is 6.40. The fourth-order valence-corrected chi connectivity index (χ4v) is 4.54. The molecule has 0 spiro atoms. The van der Waals surface area contributed by atoms with Crippen molar-refractivity contribution in [2.45, 2.75) is 4.90 Å². The number of nitro benzene ring substituents is 1. The number of terminal acetylenes is 1. The van der Waals surface area contributed by atoms with Crippen molar-refractivity contribution >= 4 is 37.3 Å². The standard InChI is InChI=1S/C15H19BrN4O4S/c1-3-18(7-6-16)14-5-4-13(20(21)22)12-15(14)25(23,24)19-10-8-17(2)9-11-19/h1,4-5,12H,6-11H2,2H3. The molecule has 8 nitrogen and oxygen atoms in total. The minimum Gasteiger partial charge on any atom is -0.304 e. The molecule has 1 aliphatic heterocycles. The first-order chi connectivity index (χ1) is 11.8. The second-order valence-corrected chi connectivity index (χ2v) is 8.29. The predicted molar refractivity (Wildman–Crippen MR) is 99.3 cm³/mol. The number of hydrogen-bond donors (Lipinski definition) is 0. The molecular formula is C15H19BrN4O4S. The molecule has 0 unspecified atom stereocenters. The zero-order valence-corrected chi connectivity index (χ0v) is 16.2. The molecule has 1 aliphatic rings. The fraction of sp³-hybridized carbons (Fsp3) is 0.467. The summed E-state index contributed by atoms with van der Waals surface area (Å²) < 4.78 is 27.5. The van der Waals surface area contributed by atoms with Gasteiger partial charge in [0.05, 0.1) is 10.6 Å². The summed E-state index contributed by atoms with van der Waals surface area (Å²) in [4.78, 5) is 13.8. The highest BCUT2D eigenvalue weighted by Gasteiger charge is 2.32. The van der Waals surface area contributed by atoms with Gasteiger partial charge in [-0.3, -0.25) is 15.0 Å². The monoisotopic (exact) mass is 430 g/mol. The first-order valence-corrected chi connectivity index (χ1v) is 10.1. The van der Waals surface area contributed by atoms with Gasteiger partial charge in [-0.2, -0.15) is 4.31 Å². The lowest BCUT2D eigenvalue weighted by Crippen LogP contribution is -2.47. The van der Waals surface area contributed by atoms with E-state index in [9.17, 15) is 18.5 Å². The van der Waals surface area contributed by atoms with Crippen LogP contribution >= 0.6 is 15.9 Å². The Bertz CT molecular complexity index is 785. The van der Waals surface area contributed by atoms with E-state index in [4.69, 9.17) is 6.42 Å². The van der Waals surface area contributed by atoms with Crippen molar-refractivity contribution in [3.8, 4) is 12.5 Å². The Morgan fingerprint density at radius 3 is 2.52 bits per heavy atom. The molecule has 0 N–H and O–H groups in total. The Labute approximate surface area is 155 Å². The number of benzene rings is 1. The van der Waals surface area contributed by atoms with Crippen LogP contribution in [0.4, 0.5) is 11.4 Å². The lowest BCUT2D eigenvalue weighted by atomic mass is 10.2. The molecule has 1 heterocycles. The maximum atomic E-state index is 13.1. The SMILES string of the molecule is C#CN(CCBr)c1ccc([N+](=O)[O-])cc1S(=O)(=O)N1CCN(C)CC1. The van der Waals surface area contributed by atoms with Gasteiger partial charge in [-0.1, -0.05) is 22.4 Å². The smallest absolute Gasteiger partial charge is 0.270 e. The lowest BCUT2D eigenvalue weighted by molar-refractivity contribution is -0.385. The molecule has 0 saturated carbocycles. The summed E-state index contributed by atoms with van der Waals surface area (Å²) in [6.45, 7) is 2.23. The topological polar surface area (TPSA) is 87.0 Å². The molecule has 0 bridgehead atoms. The van der Waals surface area contributed by atoms with Crippen LogP contribution in [-0.4, -0.2) is 67.6 Å². The molecule has 1 aromatic carbocycles. The number of piperazine rings is 1. The Morgan fingerprint density at radius 1 is 1.36 bits per heavy atom. The molecule has 0 aromatic heterocycles. The van der Waals surface area contributed by atoms with Crippen molar-refractivity contribution in [1.82, 2.24) is 9.21 Å².